The summed E-state index contributed by atoms with van der Waals surface area (Å²) in [5.41, 5.74) is 5.41. The first-order chi connectivity index (χ1) is 20.5. The zero-order valence-corrected chi connectivity index (χ0v) is 25.4. The lowest BCUT2D eigenvalue weighted by molar-refractivity contribution is 0.00612. The molecule has 0 aliphatic carbocycles. The molecule has 9 heteroatoms. The van der Waals surface area contributed by atoms with E-state index in [1.807, 2.05) is 44.2 Å². The van der Waals surface area contributed by atoms with Crippen molar-refractivity contribution in [1.82, 2.24) is 14.8 Å². The van der Waals surface area contributed by atoms with E-state index in [-0.39, 0.29) is 5.75 Å². The Morgan fingerprint density at radius 3 is 1.64 bits per heavy atom. The summed E-state index contributed by atoms with van der Waals surface area (Å²) in [5, 5.41) is 22.7. The van der Waals surface area contributed by atoms with Crippen molar-refractivity contribution in [1.29, 1.82) is 0 Å². The topological polar surface area (TPSA) is 96.8 Å². The number of ether oxygens (including phenoxy) is 4. The maximum Gasteiger partial charge on any atom is 0.146 e. The minimum Gasteiger partial charge on any atom is -0.507 e. The molecule has 42 heavy (non-hydrogen) atoms. The predicted octanol–water partition coefficient (Wildman–Crippen LogP) is 4.21. The number of fused-ring (bicyclic) bond motifs is 1. The van der Waals surface area contributed by atoms with E-state index in [4.69, 9.17) is 18.9 Å². The minimum absolute atomic E-state index is 0.233. The molecule has 0 radical (unpaired) electrons. The van der Waals surface area contributed by atoms with Crippen LogP contribution in [0.2, 0.25) is 0 Å². The van der Waals surface area contributed by atoms with Gasteiger partial charge in [-0.2, -0.15) is 0 Å². The second-order valence-corrected chi connectivity index (χ2v) is 10.8. The fourth-order valence-corrected chi connectivity index (χ4v) is 5.24. The third-order valence-corrected chi connectivity index (χ3v) is 7.75. The summed E-state index contributed by atoms with van der Waals surface area (Å²) >= 11 is 0. The lowest BCUT2D eigenvalue weighted by Crippen LogP contribution is -2.32. The van der Waals surface area contributed by atoms with Gasteiger partial charge in [0, 0.05) is 61.5 Å². The van der Waals surface area contributed by atoms with Crippen molar-refractivity contribution < 1.29 is 29.2 Å². The first-order valence-corrected chi connectivity index (χ1v) is 15.1. The lowest BCUT2D eigenvalue weighted by atomic mass is 10.0. The molecule has 1 fully saturated rings. The fourth-order valence-electron chi connectivity index (χ4n) is 5.24. The quantitative estimate of drug-likeness (QED) is 0.459. The molecule has 0 atom stereocenters. The molecule has 1 aromatic heterocycles. The van der Waals surface area contributed by atoms with Crippen LogP contribution in [0.25, 0.3) is 10.9 Å². The average Bonchev–Trinajstić information content (AvgIpc) is 2.98. The number of pyridine rings is 1. The zero-order chi connectivity index (χ0) is 29.7. The molecular formula is C33H47N3O6. The van der Waals surface area contributed by atoms with Gasteiger partial charge in [-0.1, -0.05) is 37.3 Å². The second kappa shape index (κ2) is 16.7. The number of hydrogen-bond donors (Lipinski definition) is 2. The maximum absolute atomic E-state index is 10.9. The van der Waals surface area contributed by atoms with Gasteiger partial charge >= 0.3 is 0 Å². The van der Waals surface area contributed by atoms with E-state index in [2.05, 4.69) is 27.8 Å². The number of hydrogen-bond acceptors (Lipinski definition) is 9. The number of phenols is 2. The molecule has 0 bridgehead atoms. The molecule has 3 aromatic rings. The zero-order valence-electron chi connectivity index (χ0n) is 25.4. The summed E-state index contributed by atoms with van der Waals surface area (Å²) in [6.45, 7) is 14.4. The van der Waals surface area contributed by atoms with Crippen LogP contribution in [0.4, 0.5) is 0 Å². The van der Waals surface area contributed by atoms with Crippen LogP contribution in [0.3, 0.4) is 0 Å². The van der Waals surface area contributed by atoms with E-state index in [0.717, 1.165) is 52.8 Å². The van der Waals surface area contributed by atoms with Gasteiger partial charge in [-0.3, -0.25) is 9.80 Å². The largest absolute Gasteiger partial charge is 0.507 e. The smallest absolute Gasteiger partial charge is 0.146 e. The van der Waals surface area contributed by atoms with E-state index in [1.165, 1.54) is 0 Å². The molecule has 1 aliphatic rings. The van der Waals surface area contributed by atoms with Crippen molar-refractivity contribution in [3.05, 3.63) is 64.3 Å². The first-order valence-electron chi connectivity index (χ1n) is 15.1. The van der Waals surface area contributed by atoms with Crippen molar-refractivity contribution in [2.75, 3.05) is 79.0 Å². The molecule has 9 nitrogen and oxygen atoms in total. The normalized spacial score (nSPS) is 18.1. The Morgan fingerprint density at radius 2 is 1.12 bits per heavy atom. The van der Waals surface area contributed by atoms with Crippen LogP contribution in [0.5, 0.6) is 11.5 Å². The van der Waals surface area contributed by atoms with Crippen molar-refractivity contribution in [2.24, 2.45) is 0 Å². The highest BCUT2D eigenvalue weighted by molar-refractivity contribution is 5.85. The van der Waals surface area contributed by atoms with E-state index in [0.29, 0.717) is 90.3 Å². The average molecular weight is 582 g/mol. The van der Waals surface area contributed by atoms with Crippen molar-refractivity contribution >= 4 is 10.9 Å². The number of nitrogens with zero attached hydrogens (tertiary/aromatic N) is 3. The Morgan fingerprint density at radius 1 is 0.643 bits per heavy atom. The van der Waals surface area contributed by atoms with Crippen LogP contribution in [0.15, 0.2) is 36.4 Å². The van der Waals surface area contributed by atoms with Crippen LogP contribution in [-0.4, -0.2) is 104 Å². The Balaban J connectivity index is 1.30. The highest BCUT2D eigenvalue weighted by Gasteiger charge is 2.15. The third-order valence-electron chi connectivity index (χ3n) is 7.75. The summed E-state index contributed by atoms with van der Waals surface area (Å²) in [5.74, 6) is 0.633. The monoisotopic (exact) mass is 581 g/mol. The minimum atomic E-state index is 0.233. The number of phenolic OH excluding ortho intramolecular Hbond substituents is 2. The van der Waals surface area contributed by atoms with E-state index in [9.17, 15) is 10.2 Å². The Kier molecular flexibility index (Phi) is 12.8. The van der Waals surface area contributed by atoms with Crippen molar-refractivity contribution in [3.8, 4) is 11.5 Å². The van der Waals surface area contributed by atoms with E-state index >= 15 is 0 Å². The highest BCUT2D eigenvalue weighted by atomic mass is 16.5. The van der Waals surface area contributed by atoms with Gasteiger partial charge in [0.15, 0.2) is 0 Å². The molecule has 1 saturated heterocycles. The first kappa shape index (κ1) is 32.1. The summed E-state index contributed by atoms with van der Waals surface area (Å²) < 4.78 is 23.6. The number of rotatable bonds is 5. The molecule has 2 aromatic carbocycles. The van der Waals surface area contributed by atoms with E-state index < -0.39 is 0 Å². The van der Waals surface area contributed by atoms with E-state index in [1.54, 1.807) is 0 Å². The van der Waals surface area contributed by atoms with Crippen LogP contribution in [0, 0.1) is 13.8 Å². The van der Waals surface area contributed by atoms with Gasteiger partial charge in [-0.25, -0.2) is 4.98 Å². The van der Waals surface area contributed by atoms with Crippen molar-refractivity contribution in [2.45, 2.75) is 40.3 Å². The summed E-state index contributed by atoms with van der Waals surface area (Å²) in [6, 6.07) is 12.0. The predicted molar refractivity (Wildman–Crippen MR) is 164 cm³/mol. The number of aryl methyl sites for hydroxylation is 2. The molecular weight excluding hydrogens is 534 g/mol. The molecule has 0 spiro atoms. The third kappa shape index (κ3) is 9.36. The standard InChI is InChI=1S/C33H47N3O6/c1-4-30-25(2)5-7-28(32(30)37)23-35-11-15-39-19-21-41-17-13-36(14-18-42-22-20-40-16-12-35)24-29-10-9-27-8-6-26(3)34-31(27)33(29)38/h5-10,37-38H,4,11-24H2,1-3H3. The van der Waals surface area contributed by atoms with Crippen LogP contribution in [-0.2, 0) is 38.5 Å². The van der Waals surface area contributed by atoms with Crippen molar-refractivity contribution in [3.63, 3.8) is 0 Å². The molecule has 0 unspecified atom stereocenters. The van der Waals surface area contributed by atoms with Gasteiger partial charge < -0.3 is 29.2 Å². The number of benzene rings is 2. The Labute approximate surface area is 250 Å². The van der Waals surface area contributed by atoms with Crippen LogP contribution in [0.1, 0.15) is 34.9 Å². The fraction of sp³-hybridized carbons (Fsp3) is 0.545. The summed E-state index contributed by atoms with van der Waals surface area (Å²) in [4.78, 5) is 9.02. The maximum atomic E-state index is 10.9. The van der Waals surface area contributed by atoms with Gasteiger partial charge in [0.1, 0.15) is 17.0 Å². The highest BCUT2D eigenvalue weighted by Crippen LogP contribution is 2.29. The SMILES string of the molecule is CCc1c(C)ccc(CN2CCOCCOCCN(Cc3ccc4ccc(C)nc4c3O)CCOCCOCC2)c1O. The molecule has 0 saturated carbocycles. The van der Waals surface area contributed by atoms with Gasteiger partial charge in [0.2, 0.25) is 0 Å². The van der Waals surface area contributed by atoms with Gasteiger partial charge in [0.05, 0.1) is 52.9 Å². The number of aromatic hydroxyl groups is 2. The van der Waals surface area contributed by atoms with Crippen LogP contribution >= 0.6 is 0 Å². The molecule has 2 N–H and O–H groups in total. The van der Waals surface area contributed by atoms with Gasteiger partial charge in [0.25, 0.3) is 0 Å². The summed E-state index contributed by atoms with van der Waals surface area (Å²) in [7, 11) is 0. The van der Waals surface area contributed by atoms with Crippen LogP contribution < -0.4 is 0 Å². The molecule has 230 valence electrons. The molecule has 1 aliphatic heterocycles. The van der Waals surface area contributed by atoms with Gasteiger partial charge in [-0.15, -0.1) is 0 Å². The second-order valence-electron chi connectivity index (χ2n) is 10.8. The molecule has 4 rings (SSSR count). The number of aromatic nitrogens is 1. The lowest BCUT2D eigenvalue weighted by Gasteiger charge is -2.24. The Bertz CT molecular complexity index is 1250. The molecule has 2 heterocycles. The molecule has 0 amide bonds. The Hall–Kier alpha value is -2.79. The van der Waals surface area contributed by atoms with Gasteiger partial charge in [-0.05, 0) is 37.5 Å². The summed E-state index contributed by atoms with van der Waals surface area (Å²) in [6.07, 6.45) is 0.804.